The molecule has 116 valence electrons. The molecule has 0 spiro atoms. The average molecular weight is 291 g/mol. The molecule has 0 unspecified atom stereocenters. The summed E-state index contributed by atoms with van der Waals surface area (Å²) in [6, 6.07) is 8.92. The van der Waals surface area contributed by atoms with Gasteiger partial charge in [-0.1, -0.05) is 30.3 Å². The molecule has 0 aliphatic carbocycles. The van der Waals surface area contributed by atoms with Crippen molar-refractivity contribution in [2.45, 2.75) is 52.2 Å². The zero-order valence-electron chi connectivity index (χ0n) is 13.4. The molecule has 5 heteroatoms. The Morgan fingerprint density at radius 1 is 1.05 bits per heavy atom. The predicted octanol–water partition coefficient (Wildman–Crippen LogP) is 2.35. The highest BCUT2D eigenvalue weighted by Crippen LogP contribution is 2.11. The largest absolute Gasteiger partial charge is 0.333 e. The second kappa shape index (κ2) is 7.22. The predicted molar refractivity (Wildman–Crippen MR) is 83.9 cm³/mol. The quantitative estimate of drug-likeness (QED) is 0.797. The summed E-state index contributed by atoms with van der Waals surface area (Å²) in [6.45, 7) is 9.29. The first-order valence-electron chi connectivity index (χ1n) is 7.13. The Morgan fingerprint density at radius 3 is 2.14 bits per heavy atom. The third-order valence-corrected chi connectivity index (χ3v) is 2.92. The Balaban J connectivity index is 2.50. The van der Waals surface area contributed by atoms with Gasteiger partial charge in [-0.2, -0.15) is 0 Å². The van der Waals surface area contributed by atoms with Crippen LogP contribution in [0.4, 0.5) is 4.79 Å². The fourth-order valence-corrected chi connectivity index (χ4v) is 1.88. The van der Waals surface area contributed by atoms with Crippen LogP contribution in [0.15, 0.2) is 30.3 Å². The van der Waals surface area contributed by atoms with Crippen molar-refractivity contribution < 1.29 is 9.59 Å². The number of carbonyl (C=O) groups is 2. The Labute approximate surface area is 126 Å². The van der Waals surface area contributed by atoms with Crippen LogP contribution in [0.3, 0.4) is 0 Å². The number of imide groups is 1. The van der Waals surface area contributed by atoms with Gasteiger partial charge in [-0.15, -0.1) is 0 Å². The topological polar surface area (TPSA) is 70.2 Å². The van der Waals surface area contributed by atoms with Crippen molar-refractivity contribution >= 4 is 11.9 Å². The van der Waals surface area contributed by atoms with Gasteiger partial charge in [0.15, 0.2) is 0 Å². The molecule has 0 heterocycles. The summed E-state index contributed by atoms with van der Waals surface area (Å²) in [7, 11) is 0. The molecule has 0 aliphatic rings. The third kappa shape index (κ3) is 6.40. The first-order valence-corrected chi connectivity index (χ1v) is 7.13. The summed E-state index contributed by atoms with van der Waals surface area (Å²) < 4.78 is 0. The van der Waals surface area contributed by atoms with Crippen LogP contribution in [0.2, 0.25) is 0 Å². The molecule has 1 aromatic carbocycles. The van der Waals surface area contributed by atoms with Gasteiger partial charge in [-0.25, -0.2) is 4.79 Å². The molecule has 0 fully saturated rings. The standard InChI is InChI=1S/C16H25N3O2/c1-11(13-9-7-6-8-10-13)17-12(2)14(20)18-15(21)19-16(3,4)5/h6-12,17H,1-5H3,(H2,18,19,20,21)/t11-,12-/m0/s1. The lowest BCUT2D eigenvalue weighted by Crippen LogP contribution is -2.52. The highest BCUT2D eigenvalue weighted by Gasteiger charge is 2.20. The van der Waals surface area contributed by atoms with E-state index in [1.54, 1.807) is 6.92 Å². The molecular weight excluding hydrogens is 266 g/mol. The molecule has 3 amide bonds. The van der Waals surface area contributed by atoms with Gasteiger partial charge in [0.25, 0.3) is 0 Å². The lowest BCUT2D eigenvalue weighted by atomic mass is 10.1. The van der Waals surface area contributed by atoms with Crippen LogP contribution in [0.1, 0.15) is 46.2 Å². The zero-order valence-corrected chi connectivity index (χ0v) is 13.4. The van der Waals surface area contributed by atoms with E-state index in [0.717, 1.165) is 5.56 Å². The van der Waals surface area contributed by atoms with Gasteiger partial charge in [-0.3, -0.25) is 15.4 Å². The van der Waals surface area contributed by atoms with E-state index in [2.05, 4.69) is 16.0 Å². The molecular formula is C16H25N3O2. The monoisotopic (exact) mass is 291 g/mol. The van der Waals surface area contributed by atoms with Gasteiger partial charge in [0.1, 0.15) is 0 Å². The molecule has 3 N–H and O–H groups in total. The second-order valence-corrected chi connectivity index (χ2v) is 6.21. The fourth-order valence-electron chi connectivity index (χ4n) is 1.88. The number of rotatable bonds is 4. The van der Waals surface area contributed by atoms with E-state index in [0.29, 0.717) is 0 Å². The van der Waals surface area contributed by atoms with E-state index in [4.69, 9.17) is 0 Å². The smallest absolute Gasteiger partial charge is 0.321 e. The first kappa shape index (κ1) is 17.2. The van der Waals surface area contributed by atoms with Gasteiger partial charge < -0.3 is 5.32 Å². The number of nitrogens with one attached hydrogen (secondary N) is 3. The average Bonchev–Trinajstić information content (AvgIpc) is 2.37. The number of urea groups is 1. The van der Waals surface area contributed by atoms with Gasteiger partial charge >= 0.3 is 6.03 Å². The maximum absolute atomic E-state index is 12.0. The normalized spacial score (nSPS) is 14.1. The van der Waals surface area contributed by atoms with Crippen molar-refractivity contribution in [1.82, 2.24) is 16.0 Å². The molecule has 1 rings (SSSR count). The summed E-state index contributed by atoms with van der Waals surface area (Å²) in [5.74, 6) is -0.348. The molecule has 0 bridgehead atoms. The number of hydrogen-bond acceptors (Lipinski definition) is 3. The fraction of sp³-hybridized carbons (Fsp3) is 0.500. The van der Waals surface area contributed by atoms with Crippen molar-refractivity contribution in [2.75, 3.05) is 0 Å². The van der Waals surface area contributed by atoms with Gasteiger partial charge in [0.2, 0.25) is 5.91 Å². The van der Waals surface area contributed by atoms with Crippen LogP contribution >= 0.6 is 0 Å². The van der Waals surface area contributed by atoms with E-state index in [9.17, 15) is 9.59 Å². The highest BCUT2D eigenvalue weighted by molar-refractivity contribution is 5.97. The number of benzene rings is 1. The Bertz CT molecular complexity index is 480. The minimum absolute atomic E-state index is 0.0256. The molecule has 5 nitrogen and oxygen atoms in total. The molecule has 0 aromatic heterocycles. The minimum Gasteiger partial charge on any atom is -0.333 e. The van der Waals surface area contributed by atoms with Gasteiger partial charge in [0.05, 0.1) is 6.04 Å². The molecule has 0 saturated carbocycles. The summed E-state index contributed by atoms with van der Waals surface area (Å²) in [5, 5.41) is 8.20. The Morgan fingerprint density at radius 2 is 1.62 bits per heavy atom. The van der Waals surface area contributed by atoms with Crippen molar-refractivity contribution in [1.29, 1.82) is 0 Å². The first-order chi connectivity index (χ1) is 9.69. The van der Waals surface area contributed by atoms with Crippen LogP contribution in [-0.2, 0) is 4.79 Å². The van der Waals surface area contributed by atoms with Crippen molar-refractivity contribution in [2.24, 2.45) is 0 Å². The minimum atomic E-state index is -0.478. The van der Waals surface area contributed by atoms with Crippen LogP contribution < -0.4 is 16.0 Å². The highest BCUT2D eigenvalue weighted by atomic mass is 16.2. The summed E-state index contributed by atoms with van der Waals surface area (Å²) in [6.07, 6.45) is 0. The van der Waals surface area contributed by atoms with E-state index in [1.165, 1.54) is 0 Å². The molecule has 0 saturated heterocycles. The van der Waals surface area contributed by atoms with E-state index >= 15 is 0 Å². The second-order valence-electron chi connectivity index (χ2n) is 6.21. The number of carbonyl (C=O) groups excluding carboxylic acids is 2. The van der Waals surface area contributed by atoms with Crippen LogP contribution in [0.5, 0.6) is 0 Å². The SMILES string of the molecule is C[C@H](N[C@@H](C)c1ccccc1)C(=O)NC(=O)NC(C)(C)C. The van der Waals surface area contributed by atoms with Crippen LogP contribution in [0.25, 0.3) is 0 Å². The van der Waals surface area contributed by atoms with Gasteiger partial charge in [0, 0.05) is 11.6 Å². The van der Waals surface area contributed by atoms with E-state index in [-0.39, 0.29) is 17.5 Å². The third-order valence-electron chi connectivity index (χ3n) is 2.92. The maximum Gasteiger partial charge on any atom is 0.321 e. The molecule has 0 radical (unpaired) electrons. The van der Waals surface area contributed by atoms with Crippen molar-refractivity contribution in [3.8, 4) is 0 Å². The maximum atomic E-state index is 12.0. The van der Waals surface area contributed by atoms with Crippen molar-refractivity contribution in [3.05, 3.63) is 35.9 Å². The van der Waals surface area contributed by atoms with Gasteiger partial charge in [-0.05, 0) is 40.2 Å². The zero-order chi connectivity index (χ0) is 16.0. The lowest BCUT2D eigenvalue weighted by molar-refractivity contribution is -0.121. The van der Waals surface area contributed by atoms with Crippen LogP contribution in [0, 0.1) is 0 Å². The number of hydrogen-bond donors (Lipinski definition) is 3. The van der Waals surface area contributed by atoms with Crippen LogP contribution in [-0.4, -0.2) is 23.5 Å². The Kier molecular flexibility index (Phi) is 5.90. The summed E-state index contributed by atoms with van der Waals surface area (Å²) in [5.41, 5.74) is 0.717. The summed E-state index contributed by atoms with van der Waals surface area (Å²) in [4.78, 5) is 23.6. The molecule has 2 atom stereocenters. The van der Waals surface area contributed by atoms with E-state index < -0.39 is 12.1 Å². The lowest BCUT2D eigenvalue weighted by Gasteiger charge is -2.23. The Hall–Kier alpha value is -1.88. The van der Waals surface area contributed by atoms with Crippen molar-refractivity contribution in [3.63, 3.8) is 0 Å². The molecule has 21 heavy (non-hydrogen) atoms. The number of amides is 3. The summed E-state index contributed by atoms with van der Waals surface area (Å²) >= 11 is 0. The van der Waals surface area contributed by atoms with E-state index in [1.807, 2.05) is 58.0 Å². The molecule has 1 aromatic rings. The molecule has 0 aliphatic heterocycles.